The number of thiophene rings is 1. The first-order chi connectivity index (χ1) is 7.70. The summed E-state index contributed by atoms with van der Waals surface area (Å²) in [5, 5.41) is 1.22. The molecule has 1 saturated carbocycles. The predicted molar refractivity (Wildman–Crippen MR) is 69.5 cm³/mol. The minimum atomic E-state index is 0.655. The third-order valence-electron chi connectivity index (χ3n) is 3.53. The zero-order valence-corrected chi connectivity index (χ0v) is 10.8. The summed E-state index contributed by atoms with van der Waals surface area (Å²) >= 11 is 1.59. The second-order valence-corrected chi connectivity index (χ2v) is 5.92. The van der Waals surface area contributed by atoms with Crippen molar-refractivity contribution < 1.29 is 4.79 Å². The first-order valence-corrected chi connectivity index (χ1v) is 6.80. The van der Waals surface area contributed by atoms with Crippen molar-refractivity contribution in [2.24, 2.45) is 5.92 Å². The molecule has 0 radical (unpaired) electrons. The maximum absolute atomic E-state index is 10.7. The Labute approximate surface area is 101 Å². The standard InChI is InChI=1S/C13H19NOS/c1-10-4-3-5-11(8-10)14(2)13-7-6-12(9-15)16-13/h6-7,9-11H,3-5,8H2,1-2H3. The highest BCUT2D eigenvalue weighted by molar-refractivity contribution is 7.17. The van der Waals surface area contributed by atoms with Crippen LogP contribution in [0.25, 0.3) is 0 Å². The van der Waals surface area contributed by atoms with Gasteiger partial charge >= 0.3 is 0 Å². The number of nitrogens with zero attached hydrogens (tertiary/aromatic N) is 1. The van der Waals surface area contributed by atoms with Crippen molar-refractivity contribution in [3.8, 4) is 0 Å². The average molecular weight is 237 g/mol. The Balaban J connectivity index is 2.05. The molecule has 2 rings (SSSR count). The van der Waals surface area contributed by atoms with Crippen LogP contribution in [0.2, 0.25) is 0 Å². The molecule has 0 N–H and O–H groups in total. The fraction of sp³-hybridized carbons (Fsp3) is 0.615. The minimum Gasteiger partial charge on any atom is -0.364 e. The van der Waals surface area contributed by atoms with Crippen molar-refractivity contribution >= 4 is 22.6 Å². The van der Waals surface area contributed by atoms with E-state index in [4.69, 9.17) is 0 Å². The third-order valence-corrected chi connectivity index (χ3v) is 4.63. The van der Waals surface area contributed by atoms with Gasteiger partial charge in [-0.25, -0.2) is 0 Å². The van der Waals surface area contributed by atoms with Crippen LogP contribution < -0.4 is 4.90 Å². The van der Waals surface area contributed by atoms with E-state index in [0.717, 1.165) is 17.1 Å². The summed E-state index contributed by atoms with van der Waals surface area (Å²) in [5.41, 5.74) is 0. The Bertz CT molecular complexity index is 361. The molecule has 88 valence electrons. The van der Waals surface area contributed by atoms with Crippen molar-refractivity contribution in [2.45, 2.75) is 38.6 Å². The van der Waals surface area contributed by atoms with E-state index in [1.165, 1.54) is 30.7 Å². The number of carbonyl (C=O) groups excluding carboxylic acids is 1. The molecule has 0 bridgehead atoms. The Kier molecular flexibility index (Phi) is 3.64. The number of carbonyl (C=O) groups is 1. The Hall–Kier alpha value is -0.830. The monoisotopic (exact) mass is 237 g/mol. The van der Waals surface area contributed by atoms with Gasteiger partial charge < -0.3 is 4.90 Å². The van der Waals surface area contributed by atoms with Crippen molar-refractivity contribution in [1.82, 2.24) is 0 Å². The van der Waals surface area contributed by atoms with Gasteiger partial charge in [-0.2, -0.15) is 0 Å². The largest absolute Gasteiger partial charge is 0.364 e. The molecule has 2 atom stereocenters. The van der Waals surface area contributed by atoms with Gasteiger partial charge in [-0.15, -0.1) is 11.3 Å². The van der Waals surface area contributed by atoms with Crippen LogP contribution >= 0.6 is 11.3 Å². The van der Waals surface area contributed by atoms with Crippen LogP contribution in [0.4, 0.5) is 5.00 Å². The second-order valence-electron chi connectivity index (χ2n) is 4.83. The molecule has 3 heteroatoms. The van der Waals surface area contributed by atoms with Crippen molar-refractivity contribution in [2.75, 3.05) is 11.9 Å². The Morgan fingerprint density at radius 2 is 2.25 bits per heavy atom. The molecule has 1 fully saturated rings. The van der Waals surface area contributed by atoms with E-state index in [0.29, 0.717) is 6.04 Å². The Morgan fingerprint density at radius 3 is 2.88 bits per heavy atom. The van der Waals surface area contributed by atoms with Gasteiger partial charge in [0.05, 0.1) is 9.88 Å². The summed E-state index contributed by atoms with van der Waals surface area (Å²) in [7, 11) is 2.16. The van der Waals surface area contributed by atoms with E-state index in [2.05, 4.69) is 24.9 Å². The third kappa shape index (κ3) is 2.46. The molecule has 1 aliphatic rings. The van der Waals surface area contributed by atoms with Crippen LogP contribution in [-0.2, 0) is 0 Å². The molecule has 1 heterocycles. The highest BCUT2D eigenvalue weighted by Crippen LogP contribution is 2.32. The molecule has 0 saturated heterocycles. The van der Waals surface area contributed by atoms with E-state index >= 15 is 0 Å². The summed E-state index contributed by atoms with van der Waals surface area (Å²) in [6.07, 6.45) is 6.21. The van der Waals surface area contributed by atoms with Gasteiger partial charge in [-0.1, -0.05) is 19.8 Å². The molecule has 0 aromatic carbocycles. The summed E-state index contributed by atoms with van der Waals surface area (Å²) in [6.45, 7) is 2.34. The van der Waals surface area contributed by atoms with Crippen molar-refractivity contribution in [1.29, 1.82) is 0 Å². The van der Waals surface area contributed by atoms with Gasteiger partial charge in [-0.05, 0) is 30.9 Å². The minimum absolute atomic E-state index is 0.655. The summed E-state index contributed by atoms with van der Waals surface area (Å²) in [6, 6.07) is 4.63. The van der Waals surface area contributed by atoms with Gasteiger partial charge in [0.1, 0.15) is 0 Å². The molecule has 1 aromatic rings. The van der Waals surface area contributed by atoms with Crippen LogP contribution in [-0.4, -0.2) is 19.4 Å². The fourth-order valence-electron chi connectivity index (χ4n) is 2.53. The number of anilines is 1. The van der Waals surface area contributed by atoms with Crippen LogP contribution in [0.15, 0.2) is 12.1 Å². The quantitative estimate of drug-likeness (QED) is 0.749. The topological polar surface area (TPSA) is 20.3 Å². The zero-order valence-electron chi connectivity index (χ0n) is 9.98. The van der Waals surface area contributed by atoms with Crippen LogP contribution in [0.1, 0.15) is 42.3 Å². The van der Waals surface area contributed by atoms with Crippen molar-refractivity contribution in [3.05, 3.63) is 17.0 Å². The molecule has 2 unspecified atom stereocenters. The van der Waals surface area contributed by atoms with Gasteiger partial charge in [0.2, 0.25) is 0 Å². The van der Waals surface area contributed by atoms with Crippen molar-refractivity contribution in [3.63, 3.8) is 0 Å². The molecule has 0 spiro atoms. The lowest BCUT2D eigenvalue weighted by Gasteiger charge is -2.34. The lowest BCUT2D eigenvalue weighted by molar-refractivity contribution is 0.112. The summed E-state index contributed by atoms with van der Waals surface area (Å²) in [4.78, 5) is 13.8. The molecular weight excluding hydrogens is 218 g/mol. The van der Waals surface area contributed by atoms with Gasteiger partial charge in [-0.3, -0.25) is 4.79 Å². The lowest BCUT2D eigenvalue weighted by Crippen LogP contribution is -2.34. The Morgan fingerprint density at radius 1 is 1.44 bits per heavy atom. The molecule has 2 nitrogen and oxygen atoms in total. The maximum Gasteiger partial charge on any atom is 0.160 e. The van der Waals surface area contributed by atoms with E-state index in [-0.39, 0.29) is 0 Å². The molecule has 0 aliphatic heterocycles. The highest BCUT2D eigenvalue weighted by Gasteiger charge is 2.23. The number of hydrogen-bond acceptors (Lipinski definition) is 3. The maximum atomic E-state index is 10.7. The molecular formula is C13H19NOS. The zero-order chi connectivity index (χ0) is 11.5. The van der Waals surface area contributed by atoms with E-state index < -0.39 is 0 Å². The van der Waals surface area contributed by atoms with Gasteiger partial charge in [0, 0.05) is 13.1 Å². The molecule has 1 aliphatic carbocycles. The van der Waals surface area contributed by atoms with E-state index in [1.54, 1.807) is 11.3 Å². The van der Waals surface area contributed by atoms with Crippen LogP contribution in [0.3, 0.4) is 0 Å². The van der Waals surface area contributed by atoms with Crippen LogP contribution in [0, 0.1) is 5.92 Å². The predicted octanol–water partition coefficient (Wildman–Crippen LogP) is 3.58. The summed E-state index contributed by atoms with van der Waals surface area (Å²) < 4.78 is 0. The normalized spacial score (nSPS) is 25.4. The van der Waals surface area contributed by atoms with Crippen LogP contribution in [0.5, 0.6) is 0 Å². The molecule has 0 amide bonds. The number of rotatable bonds is 3. The SMILES string of the molecule is CC1CCCC(N(C)c2ccc(C=O)s2)C1. The van der Waals surface area contributed by atoms with E-state index in [1.807, 2.05) is 6.07 Å². The first kappa shape index (κ1) is 11.6. The smallest absolute Gasteiger partial charge is 0.160 e. The lowest BCUT2D eigenvalue weighted by atomic mass is 9.86. The van der Waals surface area contributed by atoms with Gasteiger partial charge in [0.25, 0.3) is 0 Å². The molecule has 16 heavy (non-hydrogen) atoms. The second kappa shape index (κ2) is 5.00. The highest BCUT2D eigenvalue weighted by atomic mass is 32.1. The fourth-order valence-corrected chi connectivity index (χ4v) is 3.38. The van der Waals surface area contributed by atoms with Gasteiger partial charge in [0.15, 0.2) is 6.29 Å². The average Bonchev–Trinajstić information content (AvgIpc) is 2.76. The van der Waals surface area contributed by atoms with E-state index in [9.17, 15) is 4.79 Å². The molecule has 1 aromatic heterocycles. The number of aldehydes is 1. The first-order valence-electron chi connectivity index (χ1n) is 5.98. The summed E-state index contributed by atoms with van der Waals surface area (Å²) in [5.74, 6) is 0.840. The number of hydrogen-bond donors (Lipinski definition) is 0.